The highest BCUT2D eigenvalue weighted by atomic mass is 16.7. The highest BCUT2D eigenvalue weighted by Gasteiger charge is 2.73. The van der Waals surface area contributed by atoms with E-state index >= 15 is 4.79 Å². The summed E-state index contributed by atoms with van der Waals surface area (Å²) >= 11 is 0. The molecule has 0 unspecified atom stereocenters. The van der Waals surface area contributed by atoms with Crippen molar-refractivity contribution >= 4 is 35.2 Å². The third-order valence-corrected chi connectivity index (χ3v) is 10.5. The number of ketones is 2. The summed E-state index contributed by atoms with van der Waals surface area (Å²) in [7, 11) is 0. The molecule has 1 aliphatic carbocycles. The van der Waals surface area contributed by atoms with Gasteiger partial charge in [0, 0.05) is 23.7 Å². The molecule has 4 N–H and O–H groups in total. The molecule has 12 nitrogen and oxygen atoms in total. The lowest BCUT2D eigenvalue weighted by atomic mass is 9.64. The summed E-state index contributed by atoms with van der Waals surface area (Å²) in [5.74, 6) is -8.40. The molecule has 4 aromatic carbocycles. The molecular formula is C41H39N3O9. The first kappa shape index (κ1) is 36.8. The predicted octanol–water partition coefficient (Wildman–Crippen LogP) is 4.33. The largest absolute Gasteiger partial charge is 0.479 e. The minimum atomic E-state index is -4.09. The zero-order chi connectivity index (χ0) is 37.8. The van der Waals surface area contributed by atoms with Crippen LogP contribution in [0.1, 0.15) is 58.0 Å². The number of hydrogen-bond donors (Lipinski definition) is 4. The Morgan fingerprint density at radius 2 is 1.21 bits per heavy atom. The summed E-state index contributed by atoms with van der Waals surface area (Å²) in [6.45, 7) is 3.33. The lowest BCUT2D eigenvalue weighted by Gasteiger charge is -2.42. The Balaban J connectivity index is 1.52. The maximum absolute atomic E-state index is 15.2. The van der Waals surface area contributed by atoms with Gasteiger partial charge in [0.2, 0.25) is 11.6 Å². The SMILES string of the molecule is CC1=NCCN1[C@H]1CC[C@H](C(C(=O)NO[C@](C(=O)O)(C(=O)c2ccccc2)[C@@](O)(C(=O)O)C(=O)c2ccccc2)(c2ccccc2)c2ccccc2)C1. The summed E-state index contributed by atoms with van der Waals surface area (Å²) < 4.78 is 0. The van der Waals surface area contributed by atoms with Crippen LogP contribution < -0.4 is 5.48 Å². The highest BCUT2D eigenvalue weighted by molar-refractivity contribution is 6.28. The lowest BCUT2D eigenvalue weighted by molar-refractivity contribution is -0.209. The third-order valence-electron chi connectivity index (χ3n) is 10.5. The third kappa shape index (κ3) is 6.19. The first-order valence-electron chi connectivity index (χ1n) is 17.3. The highest BCUT2D eigenvalue weighted by Crippen LogP contribution is 2.49. The summed E-state index contributed by atoms with van der Waals surface area (Å²) in [6, 6.07) is 30.9. The van der Waals surface area contributed by atoms with E-state index in [2.05, 4.69) is 15.4 Å². The molecule has 1 aliphatic heterocycles. The van der Waals surface area contributed by atoms with Gasteiger partial charge in [-0.15, -0.1) is 0 Å². The van der Waals surface area contributed by atoms with E-state index in [4.69, 9.17) is 4.84 Å². The van der Waals surface area contributed by atoms with Gasteiger partial charge in [-0.1, -0.05) is 121 Å². The molecule has 53 heavy (non-hydrogen) atoms. The van der Waals surface area contributed by atoms with Crippen LogP contribution in [-0.4, -0.2) is 85.8 Å². The molecule has 0 aromatic heterocycles. The Kier molecular flexibility index (Phi) is 10.4. The molecule has 0 spiro atoms. The second-order valence-corrected chi connectivity index (χ2v) is 13.3. The van der Waals surface area contributed by atoms with Crippen LogP contribution in [0.4, 0.5) is 0 Å². The molecule has 0 radical (unpaired) electrons. The molecule has 6 rings (SSSR count). The molecule has 12 heteroatoms. The lowest BCUT2D eigenvalue weighted by Crippen LogP contribution is -2.74. The second kappa shape index (κ2) is 14.9. The Hall–Kier alpha value is -5.98. The van der Waals surface area contributed by atoms with Crippen LogP contribution in [0.3, 0.4) is 0 Å². The quantitative estimate of drug-likeness (QED) is 0.0833. The zero-order valence-corrected chi connectivity index (χ0v) is 28.9. The van der Waals surface area contributed by atoms with Gasteiger partial charge in [0.25, 0.3) is 11.5 Å². The molecule has 1 fully saturated rings. The van der Waals surface area contributed by atoms with Crippen molar-refractivity contribution in [2.45, 2.75) is 48.8 Å². The maximum atomic E-state index is 15.2. The molecule has 4 aromatic rings. The van der Waals surface area contributed by atoms with E-state index in [1.807, 2.05) is 6.92 Å². The number of aliphatic hydroxyl groups is 1. The van der Waals surface area contributed by atoms with Gasteiger partial charge in [-0.2, -0.15) is 0 Å². The average molecular weight is 718 g/mol. The van der Waals surface area contributed by atoms with Gasteiger partial charge >= 0.3 is 17.5 Å². The number of nitrogens with one attached hydrogen (secondary N) is 1. The van der Waals surface area contributed by atoms with Crippen molar-refractivity contribution in [3.05, 3.63) is 144 Å². The topological polar surface area (TPSA) is 183 Å². The molecule has 1 amide bonds. The Morgan fingerprint density at radius 1 is 0.717 bits per heavy atom. The number of Topliss-reactive ketones (excluding diaryl/α,β-unsaturated/α-hetero) is 2. The first-order valence-corrected chi connectivity index (χ1v) is 17.3. The van der Waals surface area contributed by atoms with Gasteiger partial charge in [0.1, 0.15) is 5.41 Å². The van der Waals surface area contributed by atoms with Gasteiger partial charge in [-0.05, 0) is 43.2 Å². The van der Waals surface area contributed by atoms with E-state index in [0.29, 0.717) is 36.9 Å². The maximum Gasteiger partial charge on any atom is 0.351 e. The average Bonchev–Trinajstić information content (AvgIpc) is 3.85. The van der Waals surface area contributed by atoms with Crippen LogP contribution in [0.25, 0.3) is 0 Å². The minimum Gasteiger partial charge on any atom is -0.479 e. The molecule has 272 valence electrons. The number of benzene rings is 4. The number of carbonyl (C=O) groups excluding carboxylic acids is 3. The van der Waals surface area contributed by atoms with Crippen LogP contribution in [0.15, 0.2) is 126 Å². The normalized spacial score (nSPS) is 19.4. The number of carboxylic acid groups (broad SMARTS) is 2. The van der Waals surface area contributed by atoms with Crippen LogP contribution in [-0.2, 0) is 24.6 Å². The monoisotopic (exact) mass is 717 g/mol. The molecule has 1 saturated carbocycles. The Bertz CT molecular complexity index is 1990. The number of hydrogen-bond acceptors (Lipinski definition) is 9. The van der Waals surface area contributed by atoms with Crippen molar-refractivity contribution in [2.24, 2.45) is 10.9 Å². The molecule has 0 saturated heterocycles. The van der Waals surface area contributed by atoms with Crippen molar-refractivity contribution in [3.63, 3.8) is 0 Å². The van der Waals surface area contributed by atoms with Crippen LogP contribution in [0.5, 0.6) is 0 Å². The van der Waals surface area contributed by atoms with E-state index in [0.717, 1.165) is 24.5 Å². The summed E-state index contributed by atoms with van der Waals surface area (Å²) in [4.78, 5) is 82.7. The number of carboxylic acids is 2. The van der Waals surface area contributed by atoms with E-state index in [1.54, 1.807) is 60.7 Å². The van der Waals surface area contributed by atoms with Crippen molar-refractivity contribution < 1.29 is 44.1 Å². The van der Waals surface area contributed by atoms with Crippen molar-refractivity contribution in [2.75, 3.05) is 13.1 Å². The predicted molar refractivity (Wildman–Crippen MR) is 193 cm³/mol. The van der Waals surface area contributed by atoms with Crippen LogP contribution in [0, 0.1) is 5.92 Å². The van der Waals surface area contributed by atoms with Crippen LogP contribution >= 0.6 is 0 Å². The number of aliphatic imine (C=N–C) groups is 1. The number of carbonyl (C=O) groups is 5. The van der Waals surface area contributed by atoms with Gasteiger partial charge in [-0.25, -0.2) is 19.9 Å². The molecule has 1 heterocycles. The fourth-order valence-electron chi connectivity index (χ4n) is 7.92. The second-order valence-electron chi connectivity index (χ2n) is 13.3. The number of aliphatic carboxylic acids is 2. The molecule has 2 aliphatic rings. The van der Waals surface area contributed by atoms with Crippen molar-refractivity contribution in [3.8, 4) is 0 Å². The minimum absolute atomic E-state index is 0.0325. The summed E-state index contributed by atoms with van der Waals surface area (Å²) in [6.07, 6.45) is 1.77. The standard InChI is InChI=1S/C41H39N3O9/c1-27-42-24-25-44(27)33-23-22-32(26-33)39(30-18-10-4-11-19-30,31-20-12-5-13-21-31)36(47)43-53-41(38(50)51,35(46)29-16-8-3-9-17-29)40(52,37(48)49)34(45)28-14-6-2-7-15-28/h2-21,32-33,52H,22-26H2,1H3,(H,43,47)(H,48,49)(H,50,51)/t32-,33-,40-,41-/m0/s1. The van der Waals surface area contributed by atoms with Gasteiger partial charge in [-0.3, -0.25) is 19.4 Å². The number of rotatable bonds is 14. The van der Waals surface area contributed by atoms with Gasteiger partial charge < -0.3 is 20.2 Å². The number of amides is 1. The fraction of sp³-hybridized carbons (Fsp3) is 0.268. The number of hydroxylamine groups is 1. The smallest absolute Gasteiger partial charge is 0.351 e. The Labute approximate surface area is 305 Å². The first-order chi connectivity index (χ1) is 25.5. The van der Waals surface area contributed by atoms with E-state index in [-0.39, 0.29) is 6.04 Å². The van der Waals surface area contributed by atoms with E-state index < -0.39 is 63.1 Å². The fourth-order valence-corrected chi connectivity index (χ4v) is 7.92. The molecule has 0 bridgehead atoms. The van der Waals surface area contributed by atoms with Gasteiger partial charge in [0.15, 0.2) is 0 Å². The van der Waals surface area contributed by atoms with Crippen molar-refractivity contribution in [1.29, 1.82) is 0 Å². The van der Waals surface area contributed by atoms with E-state index in [9.17, 15) is 34.5 Å². The van der Waals surface area contributed by atoms with Gasteiger partial charge in [0.05, 0.1) is 12.4 Å². The summed E-state index contributed by atoms with van der Waals surface area (Å²) in [5, 5.41) is 33.5. The van der Waals surface area contributed by atoms with Crippen molar-refractivity contribution in [1.82, 2.24) is 10.4 Å². The zero-order valence-electron chi connectivity index (χ0n) is 28.9. The molecule has 4 atom stereocenters. The number of nitrogens with zero attached hydrogens (tertiary/aromatic N) is 2. The van der Waals surface area contributed by atoms with Crippen LogP contribution in [0.2, 0.25) is 0 Å². The number of amidine groups is 1. The summed E-state index contributed by atoms with van der Waals surface area (Å²) in [5.41, 5.74) is -7.20. The molecular weight excluding hydrogens is 678 g/mol. The van der Waals surface area contributed by atoms with E-state index in [1.165, 1.54) is 48.5 Å². The Morgan fingerprint density at radius 3 is 1.66 bits per heavy atom.